The Bertz CT molecular complexity index is 780. The number of carbonyl (C=O) groups is 1. The van der Waals surface area contributed by atoms with Crippen LogP contribution in [0.5, 0.6) is 0 Å². The molecule has 0 bridgehead atoms. The summed E-state index contributed by atoms with van der Waals surface area (Å²) in [5.41, 5.74) is 6.74. The molecule has 0 spiro atoms. The number of nitrogens with one attached hydrogen (secondary N) is 3. The fourth-order valence-electron chi connectivity index (χ4n) is 4.08. The van der Waals surface area contributed by atoms with Crippen LogP contribution in [0.2, 0.25) is 0 Å². The predicted octanol–water partition coefficient (Wildman–Crippen LogP) is 2.02. The fourth-order valence-corrected chi connectivity index (χ4v) is 4.08. The number of piperidine rings is 1. The van der Waals surface area contributed by atoms with Gasteiger partial charge in [-0.15, -0.1) is 0 Å². The average Bonchev–Trinajstić information content (AvgIpc) is 3.19. The summed E-state index contributed by atoms with van der Waals surface area (Å²) >= 11 is 0. The standard InChI is InChI=1S/C19H30N8O2/c1-2-29-19(28)27-9-7-14(8-10-27)23-17-15-16(22-11-21-15)25-18(26-17)24-13-5-3-12(20)4-6-13/h11-14H,2-10,20H2,1H3,(H3,21,22,23,24,25,26)/t12-,13-. The van der Waals surface area contributed by atoms with Crippen LogP contribution in [0.15, 0.2) is 6.33 Å². The molecule has 158 valence electrons. The minimum absolute atomic E-state index is 0.232. The lowest BCUT2D eigenvalue weighted by atomic mass is 9.92. The van der Waals surface area contributed by atoms with Gasteiger partial charge in [0.1, 0.15) is 17.8 Å². The number of amides is 1. The molecule has 3 aliphatic heterocycles. The maximum Gasteiger partial charge on any atom is 0.409 e. The minimum atomic E-state index is -0.232. The maximum atomic E-state index is 11.9. The molecule has 1 amide bonds. The number of nitrogens with zero attached hydrogens (tertiary/aromatic N) is 4. The van der Waals surface area contributed by atoms with Crippen molar-refractivity contribution in [2.24, 2.45) is 5.73 Å². The van der Waals surface area contributed by atoms with Crippen LogP contribution in [0.4, 0.5) is 16.6 Å². The highest BCUT2D eigenvalue weighted by Gasteiger charge is 2.26. The minimum Gasteiger partial charge on any atom is -0.450 e. The summed E-state index contributed by atoms with van der Waals surface area (Å²) in [6, 6.07) is 0.908. The van der Waals surface area contributed by atoms with Crippen molar-refractivity contribution in [3.05, 3.63) is 6.33 Å². The fraction of sp³-hybridized carbons (Fsp3) is 0.684. The van der Waals surface area contributed by atoms with Gasteiger partial charge in [-0.25, -0.2) is 14.8 Å². The molecule has 5 N–H and O–H groups in total. The van der Waals surface area contributed by atoms with Crippen molar-refractivity contribution < 1.29 is 9.53 Å². The van der Waals surface area contributed by atoms with Gasteiger partial charge < -0.3 is 31.0 Å². The summed E-state index contributed by atoms with van der Waals surface area (Å²) in [6.07, 6.45) is 7.11. The third-order valence-corrected chi connectivity index (χ3v) is 5.76. The Morgan fingerprint density at radius 1 is 1.17 bits per heavy atom. The molecule has 10 heteroatoms. The normalized spacial score (nSPS) is 23.2. The highest BCUT2D eigenvalue weighted by atomic mass is 16.6. The molecule has 1 aliphatic carbocycles. The Balaban J connectivity index is 1.41. The summed E-state index contributed by atoms with van der Waals surface area (Å²) in [6.45, 7) is 3.57. The molecule has 4 rings (SSSR count). The number of likely N-dealkylation sites (tertiary alicyclic amines) is 1. The molecule has 4 aliphatic rings. The topological polar surface area (TPSA) is 134 Å². The van der Waals surface area contributed by atoms with Crippen molar-refractivity contribution in [1.29, 1.82) is 0 Å². The molecular weight excluding hydrogens is 372 g/mol. The lowest BCUT2D eigenvalue weighted by Crippen LogP contribution is -2.42. The van der Waals surface area contributed by atoms with Crippen LogP contribution in [0.1, 0.15) is 45.4 Å². The first-order valence-corrected chi connectivity index (χ1v) is 10.5. The first kappa shape index (κ1) is 19.7. The van der Waals surface area contributed by atoms with Crippen LogP contribution < -0.4 is 16.4 Å². The summed E-state index contributed by atoms with van der Waals surface area (Å²) in [5, 5.41) is 7.05. The number of carbonyl (C=O) groups excluding carboxylic acids is 1. The molecule has 0 radical (unpaired) electrons. The van der Waals surface area contributed by atoms with E-state index in [1.165, 1.54) is 6.33 Å². The van der Waals surface area contributed by atoms with Crippen LogP contribution in [0.3, 0.4) is 0 Å². The Kier molecular flexibility index (Phi) is 5.98. The Labute approximate surface area is 170 Å². The summed E-state index contributed by atoms with van der Waals surface area (Å²) in [7, 11) is 0. The molecule has 2 fully saturated rings. The van der Waals surface area contributed by atoms with Gasteiger partial charge in [0, 0.05) is 31.2 Å². The van der Waals surface area contributed by atoms with E-state index in [-0.39, 0.29) is 12.1 Å². The van der Waals surface area contributed by atoms with Gasteiger partial charge in [-0.05, 0) is 45.4 Å². The first-order valence-electron chi connectivity index (χ1n) is 10.5. The number of imidazole rings is 1. The zero-order valence-electron chi connectivity index (χ0n) is 16.9. The molecule has 1 saturated carbocycles. The Hall–Kier alpha value is -2.62. The molecule has 0 unspecified atom stereocenters. The second kappa shape index (κ2) is 8.81. The lowest BCUT2D eigenvalue weighted by Gasteiger charge is -2.32. The molecule has 0 atom stereocenters. The molecule has 0 aromatic rings. The quantitative estimate of drug-likeness (QED) is 0.597. The van der Waals surface area contributed by atoms with E-state index in [4.69, 9.17) is 10.5 Å². The van der Waals surface area contributed by atoms with Crippen molar-refractivity contribution in [1.82, 2.24) is 24.8 Å². The number of aromatic nitrogens is 4. The largest absolute Gasteiger partial charge is 0.450 e. The van der Waals surface area contributed by atoms with Crippen LogP contribution in [0, 0.1) is 0 Å². The van der Waals surface area contributed by atoms with E-state index in [0.717, 1.165) is 50.0 Å². The van der Waals surface area contributed by atoms with Gasteiger partial charge >= 0.3 is 6.09 Å². The monoisotopic (exact) mass is 402 g/mol. The van der Waals surface area contributed by atoms with Gasteiger partial charge in [-0.3, -0.25) is 0 Å². The number of nitrogens with two attached hydrogens (primary N) is 1. The zero-order chi connectivity index (χ0) is 20.2. The van der Waals surface area contributed by atoms with E-state index in [1.807, 2.05) is 6.92 Å². The number of ether oxygens (including phenoxy) is 1. The van der Waals surface area contributed by atoms with Crippen LogP contribution in [-0.2, 0) is 4.74 Å². The van der Waals surface area contributed by atoms with E-state index >= 15 is 0 Å². The number of H-pyrrole nitrogens is 1. The molecule has 0 aromatic carbocycles. The number of anilines is 2. The van der Waals surface area contributed by atoms with Gasteiger partial charge in [0.25, 0.3) is 0 Å². The van der Waals surface area contributed by atoms with Gasteiger partial charge in [0.15, 0.2) is 5.82 Å². The second-order valence-electron chi connectivity index (χ2n) is 7.87. The predicted molar refractivity (Wildman–Crippen MR) is 110 cm³/mol. The number of fused-ring (bicyclic) bond motifs is 1. The molecule has 0 aromatic heterocycles. The number of aromatic amines is 1. The lowest BCUT2D eigenvalue weighted by molar-refractivity contribution is 0.0983. The summed E-state index contributed by atoms with van der Waals surface area (Å²) < 4.78 is 5.09. The summed E-state index contributed by atoms with van der Waals surface area (Å²) in [4.78, 5) is 30.2. The van der Waals surface area contributed by atoms with Crippen molar-refractivity contribution in [3.8, 4) is 11.5 Å². The highest BCUT2D eigenvalue weighted by Crippen LogP contribution is 2.28. The number of hydrogen-bond acceptors (Lipinski definition) is 8. The molecular formula is C19H30N8O2. The van der Waals surface area contributed by atoms with Crippen LogP contribution >= 0.6 is 0 Å². The highest BCUT2D eigenvalue weighted by molar-refractivity contribution is 5.70. The average molecular weight is 403 g/mol. The van der Waals surface area contributed by atoms with Crippen molar-refractivity contribution in [3.63, 3.8) is 0 Å². The van der Waals surface area contributed by atoms with Gasteiger partial charge in [-0.2, -0.15) is 4.98 Å². The molecule has 29 heavy (non-hydrogen) atoms. The van der Waals surface area contributed by atoms with E-state index in [9.17, 15) is 4.79 Å². The Morgan fingerprint density at radius 2 is 1.90 bits per heavy atom. The van der Waals surface area contributed by atoms with E-state index < -0.39 is 0 Å². The third kappa shape index (κ3) is 4.69. The first-order chi connectivity index (χ1) is 14.1. The van der Waals surface area contributed by atoms with Gasteiger partial charge in [0.05, 0.1) is 6.61 Å². The third-order valence-electron chi connectivity index (χ3n) is 5.76. The van der Waals surface area contributed by atoms with Crippen LogP contribution in [0.25, 0.3) is 11.5 Å². The molecule has 3 heterocycles. The van der Waals surface area contributed by atoms with Gasteiger partial charge in [0.2, 0.25) is 5.95 Å². The second-order valence-corrected chi connectivity index (χ2v) is 7.87. The number of hydrogen-bond donors (Lipinski definition) is 4. The van der Waals surface area contributed by atoms with Crippen LogP contribution in [-0.4, -0.2) is 68.8 Å². The van der Waals surface area contributed by atoms with E-state index in [1.54, 1.807) is 4.90 Å². The molecule has 1 saturated heterocycles. The van der Waals surface area contributed by atoms with E-state index in [0.29, 0.717) is 43.6 Å². The van der Waals surface area contributed by atoms with Gasteiger partial charge in [-0.1, -0.05) is 0 Å². The zero-order valence-corrected chi connectivity index (χ0v) is 16.9. The van der Waals surface area contributed by atoms with Crippen molar-refractivity contribution >= 4 is 17.9 Å². The SMILES string of the molecule is CCOC(=O)N1CCC(Nc2[nH]c(N[C@H]3CC[C@H](N)CC3)nc3ncnc2-3)CC1. The number of rotatable bonds is 5. The van der Waals surface area contributed by atoms with Crippen molar-refractivity contribution in [2.75, 3.05) is 30.3 Å². The molecule has 10 nitrogen and oxygen atoms in total. The smallest absolute Gasteiger partial charge is 0.409 e. The van der Waals surface area contributed by atoms with Crippen molar-refractivity contribution in [2.45, 2.75) is 63.6 Å². The van der Waals surface area contributed by atoms with E-state index in [2.05, 4.69) is 30.6 Å². The summed E-state index contributed by atoms with van der Waals surface area (Å²) in [5.74, 6) is 2.13. The maximum absolute atomic E-state index is 11.9. The Morgan fingerprint density at radius 3 is 2.62 bits per heavy atom.